The first-order valence-corrected chi connectivity index (χ1v) is 14.8. The first kappa shape index (κ1) is 27.4. The minimum atomic E-state index is -0.389. The number of fused-ring (bicyclic) bond motifs is 5. The van der Waals surface area contributed by atoms with Gasteiger partial charge in [0.2, 0.25) is 0 Å². The molecule has 1 N–H and O–H groups in total. The number of ketones is 1. The second-order valence-electron chi connectivity index (χ2n) is 15.2. The predicted octanol–water partition coefficient (Wildman–Crippen LogP) is 6.41. The Kier molecular flexibility index (Phi) is 6.21. The van der Waals surface area contributed by atoms with Gasteiger partial charge in [-0.25, -0.2) is 0 Å². The SMILES string of the molecule is CC(=O)OC(CC(C)C1=C2C[C@H](O)C3[C@@]4(C)CCC(=O)C(C)(C)C4CC[C@]3(C)[C@@]2(C)CC1)C1OC1(C)C. The summed E-state index contributed by atoms with van der Waals surface area (Å²) < 4.78 is 11.7. The number of hydrogen-bond acceptors (Lipinski definition) is 5. The van der Waals surface area contributed by atoms with Crippen LogP contribution in [0.4, 0.5) is 0 Å². The van der Waals surface area contributed by atoms with Crippen LogP contribution in [0.1, 0.15) is 114 Å². The zero-order valence-corrected chi connectivity index (χ0v) is 24.7. The van der Waals surface area contributed by atoms with Gasteiger partial charge in [0.15, 0.2) is 0 Å². The Morgan fingerprint density at radius 1 is 1.08 bits per heavy atom. The third-order valence-corrected chi connectivity index (χ3v) is 12.5. The summed E-state index contributed by atoms with van der Waals surface area (Å²) in [5.74, 6) is 0.947. The summed E-state index contributed by atoms with van der Waals surface area (Å²) in [5, 5.41) is 11.9. The molecule has 0 aromatic carbocycles. The van der Waals surface area contributed by atoms with E-state index >= 15 is 0 Å². The van der Waals surface area contributed by atoms with E-state index in [1.165, 1.54) is 18.1 Å². The molecule has 5 aliphatic rings. The Morgan fingerprint density at radius 2 is 1.73 bits per heavy atom. The van der Waals surface area contributed by atoms with E-state index in [-0.39, 0.29) is 63.4 Å². The third kappa shape index (κ3) is 3.84. The van der Waals surface area contributed by atoms with Crippen molar-refractivity contribution >= 4 is 11.8 Å². The molecule has 1 heterocycles. The summed E-state index contributed by atoms with van der Waals surface area (Å²) in [6.07, 6.45) is 6.64. The molecule has 0 bridgehead atoms. The van der Waals surface area contributed by atoms with Crippen molar-refractivity contribution in [2.75, 3.05) is 0 Å². The van der Waals surface area contributed by atoms with Crippen LogP contribution in [-0.4, -0.2) is 40.8 Å². The number of carbonyl (C=O) groups is 2. The number of Topliss-reactive ketones (excluding diaryl/α,β-unsaturated/α-hetero) is 1. The molecule has 3 saturated carbocycles. The normalized spacial score (nSPS) is 45.4. The maximum Gasteiger partial charge on any atom is 0.302 e. The van der Waals surface area contributed by atoms with E-state index in [0.29, 0.717) is 18.1 Å². The van der Waals surface area contributed by atoms with Gasteiger partial charge >= 0.3 is 5.97 Å². The number of rotatable bonds is 5. The lowest BCUT2D eigenvalue weighted by atomic mass is 9.36. The fourth-order valence-electron chi connectivity index (χ4n) is 10.4. The molecule has 1 aliphatic heterocycles. The van der Waals surface area contributed by atoms with Crippen LogP contribution < -0.4 is 0 Å². The zero-order chi connectivity index (χ0) is 27.3. The molecule has 37 heavy (non-hydrogen) atoms. The van der Waals surface area contributed by atoms with Crippen molar-refractivity contribution in [2.24, 2.45) is 39.4 Å². The molecule has 0 radical (unpaired) electrons. The van der Waals surface area contributed by atoms with E-state index in [1.807, 2.05) is 0 Å². The van der Waals surface area contributed by atoms with Crippen LogP contribution in [0.2, 0.25) is 0 Å². The highest BCUT2D eigenvalue weighted by Gasteiger charge is 2.69. The van der Waals surface area contributed by atoms with Crippen molar-refractivity contribution in [3.8, 4) is 0 Å². The average molecular weight is 515 g/mol. The van der Waals surface area contributed by atoms with Crippen molar-refractivity contribution in [3.05, 3.63) is 11.1 Å². The third-order valence-electron chi connectivity index (χ3n) is 12.5. The number of hydrogen-bond donors (Lipinski definition) is 1. The Morgan fingerprint density at radius 3 is 2.32 bits per heavy atom. The van der Waals surface area contributed by atoms with Gasteiger partial charge in [-0.15, -0.1) is 0 Å². The van der Waals surface area contributed by atoms with E-state index in [2.05, 4.69) is 55.4 Å². The molecule has 0 spiro atoms. The first-order valence-electron chi connectivity index (χ1n) is 14.8. The maximum atomic E-state index is 12.9. The largest absolute Gasteiger partial charge is 0.460 e. The number of allylic oxidation sites excluding steroid dienone is 1. The number of epoxide rings is 1. The van der Waals surface area contributed by atoms with Crippen LogP contribution in [-0.2, 0) is 19.1 Å². The number of aliphatic hydroxyl groups excluding tert-OH is 1. The molecule has 4 aliphatic carbocycles. The Bertz CT molecular complexity index is 1020. The van der Waals surface area contributed by atoms with Gasteiger partial charge in [0, 0.05) is 18.8 Å². The van der Waals surface area contributed by atoms with Crippen LogP contribution in [0, 0.1) is 39.4 Å². The van der Waals surface area contributed by atoms with E-state index in [4.69, 9.17) is 9.47 Å². The van der Waals surface area contributed by atoms with Gasteiger partial charge in [0.1, 0.15) is 18.0 Å². The summed E-state index contributed by atoms with van der Waals surface area (Å²) in [7, 11) is 0. The molecular weight excluding hydrogens is 464 g/mol. The fraction of sp³-hybridized carbons (Fsp3) is 0.875. The Labute approximate surface area is 224 Å². The lowest BCUT2D eigenvalue weighted by Gasteiger charge is -2.69. The molecule has 4 fully saturated rings. The number of carbonyl (C=O) groups excluding carboxylic acids is 2. The molecule has 208 valence electrons. The quantitative estimate of drug-likeness (QED) is 0.261. The molecule has 0 aromatic rings. The molecular formula is C32H50O5. The maximum absolute atomic E-state index is 12.9. The van der Waals surface area contributed by atoms with Crippen molar-refractivity contribution < 1.29 is 24.2 Å². The lowest BCUT2D eigenvalue weighted by molar-refractivity contribution is -0.208. The molecule has 5 unspecified atom stereocenters. The molecule has 5 rings (SSSR count). The van der Waals surface area contributed by atoms with Crippen LogP contribution in [0.15, 0.2) is 11.1 Å². The summed E-state index contributed by atoms with van der Waals surface area (Å²) in [6.45, 7) is 19.5. The molecule has 0 aromatic heterocycles. The number of esters is 1. The zero-order valence-electron chi connectivity index (χ0n) is 24.7. The second-order valence-corrected chi connectivity index (χ2v) is 15.2. The minimum Gasteiger partial charge on any atom is -0.460 e. The topological polar surface area (TPSA) is 76.1 Å². The highest BCUT2D eigenvalue weighted by atomic mass is 16.6. The summed E-state index contributed by atoms with van der Waals surface area (Å²) in [4.78, 5) is 24.8. The fourth-order valence-corrected chi connectivity index (χ4v) is 10.4. The van der Waals surface area contributed by atoms with Gasteiger partial charge in [-0.2, -0.15) is 0 Å². The summed E-state index contributed by atoms with van der Waals surface area (Å²) in [5.41, 5.74) is 2.41. The number of ether oxygens (including phenoxy) is 2. The molecule has 5 heteroatoms. The summed E-state index contributed by atoms with van der Waals surface area (Å²) in [6, 6.07) is 0. The van der Waals surface area contributed by atoms with Gasteiger partial charge in [0.25, 0.3) is 0 Å². The molecule has 9 atom stereocenters. The van der Waals surface area contributed by atoms with Crippen LogP contribution in [0.5, 0.6) is 0 Å². The highest BCUT2D eigenvalue weighted by molar-refractivity contribution is 5.85. The monoisotopic (exact) mass is 514 g/mol. The van der Waals surface area contributed by atoms with Crippen molar-refractivity contribution in [1.82, 2.24) is 0 Å². The van der Waals surface area contributed by atoms with Gasteiger partial charge in [-0.3, -0.25) is 9.59 Å². The van der Waals surface area contributed by atoms with Crippen LogP contribution in [0.3, 0.4) is 0 Å². The second kappa shape index (κ2) is 8.40. The Balaban J connectivity index is 1.46. The molecule has 1 saturated heterocycles. The van der Waals surface area contributed by atoms with E-state index in [0.717, 1.165) is 44.9 Å². The van der Waals surface area contributed by atoms with Gasteiger partial charge in [0.05, 0.1) is 11.7 Å². The van der Waals surface area contributed by atoms with Gasteiger partial charge < -0.3 is 14.6 Å². The van der Waals surface area contributed by atoms with E-state index in [1.54, 1.807) is 0 Å². The predicted molar refractivity (Wildman–Crippen MR) is 144 cm³/mol. The lowest BCUT2D eigenvalue weighted by Crippen LogP contribution is -2.65. The smallest absolute Gasteiger partial charge is 0.302 e. The van der Waals surface area contributed by atoms with Crippen molar-refractivity contribution in [3.63, 3.8) is 0 Å². The van der Waals surface area contributed by atoms with Crippen molar-refractivity contribution in [2.45, 2.75) is 138 Å². The molecule has 0 amide bonds. The van der Waals surface area contributed by atoms with Crippen LogP contribution in [0.25, 0.3) is 0 Å². The van der Waals surface area contributed by atoms with Gasteiger partial charge in [-0.1, -0.05) is 52.7 Å². The number of aliphatic hydroxyl groups is 1. The standard InChI is InChI=1S/C32H50O5/c1-18(16-23(36-19(2)33)27-29(5,6)37-27)20-10-14-31(8)21(20)17-22(34)26-30(7)13-12-25(35)28(3,4)24(30)11-15-32(26,31)9/h18,22-24,26-27,34H,10-17H2,1-9H3/t18?,22-,23?,24?,26?,27?,30-,31-,32-/m0/s1. The minimum absolute atomic E-state index is 0.0000676. The van der Waals surface area contributed by atoms with E-state index in [9.17, 15) is 14.7 Å². The van der Waals surface area contributed by atoms with E-state index < -0.39 is 0 Å². The Hall–Kier alpha value is -1.20. The van der Waals surface area contributed by atoms with Crippen LogP contribution >= 0.6 is 0 Å². The average Bonchev–Trinajstić information content (AvgIpc) is 3.27. The first-order chi connectivity index (χ1) is 17.0. The summed E-state index contributed by atoms with van der Waals surface area (Å²) >= 11 is 0. The molecule has 5 nitrogen and oxygen atoms in total. The van der Waals surface area contributed by atoms with Crippen molar-refractivity contribution in [1.29, 1.82) is 0 Å². The highest BCUT2D eigenvalue weighted by Crippen LogP contribution is 2.74. The van der Waals surface area contributed by atoms with Gasteiger partial charge in [-0.05, 0) is 92.8 Å².